The van der Waals surface area contributed by atoms with Gasteiger partial charge in [-0.15, -0.1) is 0 Å². The minimum absolute atomic E-state index is 0.0910. The fourth-order valence-corrected chi connectivity index (χ4v) is 4.59. The second kappa shape index (κ2) is 5.38. The van der Waals surface area contributed by atoms with Crippen molar-refractivity contribution in [2.24, 2.45) is 7.05 Å². The summed E-state index contributed by atoms with van der Waals surface area (Å²) in [7, 11) is 4.26. The Kier molecular flexibility index (Phi) is 3.45. The van der Waals surface area contributed by atoms with Gasteiger partial charge in [0.1, 0.15) is 0 Å². The first-order valence-electron chi connectivity index (χ1n) is 8.63. The smallest absolute Gasteiger partial charge is 0.253 e. The molecule has 1 amide bonds. The molecule has 1 unspecified atom stereocenters. The predicted molar refractivity (Wildman–Crippen MR) is 92.7 cm³/mol. The van der Waals surface area contributed by atoms with E-state index in [1.807, 2.05) is 26.1 Å². The van der Waals surface area contributed by atoms with Gasteiger partial charge in [0.2, 0.25) is 0 Å². The van der Waals surface area contributed by atoms with E-state index >= 15 is 0 Å². The molecule has 2 bridgehead atoms. The highest BCUT2D eigenvalue weighted by Gasteiger charge is 2.39. The number of nitrogens with zero attached hydrogens (tertiary/aromatic N) is 2. The number of rotatable bonds is 2. The van der Waals surface area contributed by atoms with E-state index in [9.17, 15) is 4.79 Å². The molecule has 23 heavy (non-hydrogen) atoms. The lowest BCUT2D eigenvalue weighted by molar-refractivity contribution is 0.0883. The van der Waals surface area contributed by atoms with Crippen LogP contribution in [-0.2, 0) is 7.05 Å². The van der Waals surface area contributed by atoms with E-state index in [2.05, 4.69) is 34.0 Å². The highest BCUT2D eigenvalue weighted by Crippen LogP contribution is 2.34. The number of nitrogens with one attached hydrogen (secondary N) is 1. The number of hydrogen-bond acceptors (Lipinski definition) is 2. The molecule has 4 rings (SSSR count). The van der Waals surface area contributed by atoms with Crippen LogP contribution >= 0.6 is 0 Å². The number of piperidine rings is 1. The van der Waals surface area contributed by atoms with E-state index in [-0.39, 0.29) is 5.91 Å². The average molecular weight is 311 g/mol. The fraction of sp³-hybridized carbons (Fsp3) is 0.526. The second-order valence-electron chi connectivity index (χ2n) is 7.23. The molecule has 4 heteroatoms. The number of carbonyl (C=O) groups is 1. The molecule has 2 saturated heterocycles. The van der Waals surface area contributed by atoms with E-state index < -0.39 is 0 Å². The summed E-state index contributed by atoms with van der Waals surface area (Å²) in [5.41, 5.74) is 3.01. The Balaban J connectivity index is 1.60. The molecular formula is C19H25N3O. The fourth-order valence-electron chi connectivity index (χ4n) is 4.59. The first-order valence-corrected chi connectivity index (χ1v) is 8.63. The normalized spacial score (nSPS) is 27.5. The lowest BCUT2D eigenvalue weighted by Gasteiger charge is -2.36. The number of carbonyl (C=O) groups excluding carboxylic acids is 1. The minimum atomic E-state index is 0.0910. The quantitative estimate of drug-likeness (QED) is 0.926. The number of para-hydroxylation sites is 1. The number of amides is 1. The molecule has 4 nitrogen and oxygen atoms in total. The van der Waals surface area contributed by atoms with Gasteiger partial charge in [-0.25, -0.2) is 0 Å². The zero-order valence-corrected chi connectivity index (χ0v) is 14.2. The molecule has 3 atom stereocenters. The van der Waals surface area contributed by atoms with Gasteiger partial charge in [-0.1, -0.05) is 18.2 Å². The van der Waals surface area contributed by atoms with Crippen LogP contribution in [0.3, 0.4) is 0 Å². The molecule has 122 valence electrons. The van der Waals surface area contributed by atoms with E-state index in [0.717, 1.165) is 35.0 Å². The maximum Gasteiger partial charge on any atom is 0.253 e. The molecule has 1 aromatic carbocycles. The van der Waals surface area contributed by atoms with Gasteiger partial charge >= 0.3 is 0 Å². The molecule has 2 aliphatic rings. The van der Waals surface area contributed by atoms with Crippen molar-refractivity contribution < 1.29 is 4.79 Å². The van der Waals surface area contributed by atoms with Crippen LogP contribution in [-0.4, -0.2) is 40.5 Å². The van der Waals surface area contributed by atoms with Crippen molar-refractivity contribution in [3.05, 3.63) is 35.5 Å². The molecule has 1 aromatic heterocycles. The molecule has 1 N–H and O–H groups in total. The molecule has 2 aliphatic heterocycles. The summed E-state index contributed by atoms with van der Waals surface area (Å²) < 4.78 is 2.11. The van der Waals surface area contributed by atoms with Crippen molar-refractivity contribution in [3.8, 4) is 0 Å². The molecule has 0 aliphatic carbocycles. The summed E-state index contributed by atoms with van der Waals surface area (Å²) >= 11 is 0. The van der Waals surface area contributed by atoms with Gasteiger partial charge in [-0.3, -0.25) is 4.79 Å². The van der Waals surface area contributed by atoms with E-state index in [0.29, 0.717) is 18.1 Å². The average Bonchev–Trinajstić information content (AvgIpc) is 2.90. The monoisotopic (exact) mass is 311 g/mol. The summed E-state index contributed by atoms with van der Waals surface area (Å²) in [6.07, 6.45) is 4.73. The molecule has 0 spiro atoms. The summed E-state index contributed by atoms with van der Waals surface area (Å²) in [5, 5.41) is 4.38. The van der Waals surface area contributed by atoms with Crippen molar-refractivity contribution in [2.75, 3.05) is 7.05 Å². The summed E-state index contributed by atoms with van der Waals surface area (Å²) in [6.45, 7) is 2.03. The predicted octanol–water partition coefficient (Wildman–Crippen LogP) is 2.84. The van der Waals surface area contributed by atoms with Crippen LogP contribution in [0.5, 0.6) is 0 Å². The summed E-state index contributed by atoms with van der Waals surface area (Å²) in [6, 6.07) is 9.77. The van der Waals surface area contributed by atoms with Crippen molar-refractivity contribution in [2.45, 2.75) is 50.7 Å². The highest BCUT2D eigenvalue weighted by molar-refractivity contribution is 6.08. The zero-order valence-electron chi connectivity index (χ0n) is 14.2. The van der Waals surface area contributed by atoms with E-state index in [4.69, 9.17) is 0 Å². The molecule has 2 fully saturated rings. The topological polar surface area (TPSA) is 37.3 Å². The third-order valence-corrected chi connectivity index (χ3v) is 6.06. The van der Waals surface area contributed by atoms with Crippen molar-refractivity contribution in [1.29, 1.82) is 0 Å². The number of hydrogen-bond donors (Lipinski definition) is 1. The van der Waals surface area contributed by atoms with Gasteiger partial charge < -0.3 is 14.8 Å². The number of fused-ring (bicyclic) bond motifs is 3. The van der Waals surface area contributed by atoms with Gasteiger partial charge in [0, 0.05) is 41.8 Å². The van der Waals surface area contributed by atoms with Gasteiger partial charge in [0.05, 0.1) is 5.56 Å². The Morgan fingerprint density at radius 1 is 1.13 bits per heavy atom. The van der Waals surface area contributed by atoms with Crippen LogP contribution in [0, 0.1) is 6.92 Å². The number of benzene rings is 1. The van der Waals surface area contributed by atoms with Gasteiger partial charge in [-0.2, -0.15) is 0 Å². The Morgan fingerprint density at radius 2 is 1.78 bits per heavy atom. The van der Waals surface area contributed by atoms with Crippen molar-refractivity contribution in [1.82, 2.24) is 14.8 Å². The third kappa shape index (κ3) is 2.27. The van der Waals surface area contributed by atoms with Crippen LogP contribution in [0.15, 0.2) is 24.3 Å². The second-order valence-corrected chi connectivity index (χ2v) is 7.23. The van der Waals surface area contributed by atoms with Crippen LogP contribution < -0.4 is 5.32 Å². The Bertz CT molecular complexity index is 749. The van der Waals surface area contributed by atoms with Gasteiger partial charge in [-0.05, 0) is 45.7 Å². The van der Waals surface area contributed by atoms with E-state index in [1.165, 1.54) is 12.8 Å². The molecular weight excluding hydrogens is 286 g/mol. The van der Waals surface area contributed by atoms with Gasteiger partial charge in [0.15, 0.2) is 0 Å². The molecule has 0 radical (unpaired) electrons. The largest absolute Gasteiger partial charge is 0.349 e. The SMILES string of the molecule is Cc1c(C(=O)NC2C[C@H]3CC[C@@H](C2)N3C)c2ccccc2n1C. The first kappa shape index (κ1) is 14.8. The Morgan fingerprint density at radius 3 is 2.48 bits per heavy atom. The van der Waals surface area contributed by atoms with E-state index in [1.54, 1.807) is 0 Å². The van der Waals surface area contributed by atoms with Crippen LogP contribution in [0.2, 0.25) is 0 Å². The van der Waals surface area contributed by atoms with Crippen molar-refractivity contribution in [3.63, 3.8) is 0 Å². The van der Waals surface area contributed by atoms with Crippen LogP contribution in [0.1, 0.15) is 41.7 Å². The van der Waals surface area contributed by atoms with Crippen LogP contribution in [0.4, 0.5) is 0 Å². The number of aromatic nitrogens is 1. The van der Waals surface area contributed by atoms with Crippen LogP contribution in [0.25, 0.3) is 10.9 Å². The lowest BCUT2D eigenvalue weighted by Crippen LogP contribution is -2.48. The van der Waals surface area contributed by atoms with Gasteiger partial charge in [0.25, 0.3) is 5.91 Å². The first-order chi connectivity index (χ1) is 11.1. The zero-order chi connectivity index (χ0) is 16.1. The summed E-state index contributed by atoms with van der Waals surface area (Å²) in [4.78, 5) is 15.4. The molecule has 0 saturated carbocycles. The number of aryl methyl sites for hydroxylation is 1. The van der Waals surface area contributed by atoms with Crippen molar-refractivity contribution >= 4 is 16.8 Å². The standard InChI is InChI=1S/C19H25N3O/c1-12-18(16-6-4-5-7-17(16)21(12)2)19(23)20-13-10-14-8-9-15(11-13)22(14)3/h4-7,13-15H,8-11H2,1-3H3,(H,20,23)/t13?,14-,15+. The maximum absolute atomic E-state index is 12.9. The third-order valence-electron chi connectivity index (χ3n) is 6.06. The highest BCUT2D eigenvalue weighted by atomic mass is 16.1. The minimum Gasteiger partial charge on any atom is -0.349 e. The lowest BCUT2D eigenvalue weighted by atomic mass is 9.97. The molecule has 2 aromatic rings. The Labute approximate surface area is 137 Å². The Hall–Kier alpha value is -1.81. The maximum atomic E-state index is 12.9. The summed E-state index contributed by atoms with van der Waals surface area (Å²) in [5.74, 6) is 0.0910. The molecule has 3 heterocycles.